The van der Waals surface area contributed by atoms with Crippen LogP contribution in [0.2, 0.25) is 0 Å². The maximum absolute atomic E-state index is 3.88. The fourth-order valence-corrected chi connectivity index (χ4v) is 2.51. The van der Waals surface area contributed by atoms with E-state index in [4.69, 9.17) is 0 Å². The monoisotopic (exact) mass is 180 g/mol. The molecule has 0 aromatic rings. The van der Waals surface area contributed by atoms with E-state index >= 15 is 0 Å². The van der Waals surface area contributed by atoms with Crippen molar-refractivity contribution in [2.75, 3.05) is 0 Å². The summed E-state index contributed by atoms with van der Waals surface area (Å²) in [7, 11) is 0. The van der Waals surface area contributed by atoms with Crippen LogP contribution in [0.15, 0.2) is 12.7 Å². The normalized spacial score (nSPS) is 37.7. The second-order valence-electron chi connectivity index (χ2n) is 5.29. The summed E-state index contributed by atoms with van der Waals surface area (Å²) in [6.07, 6.45) is 6.32. The van der Waals surface area contributed by atoms with Crippen LogP contribution in [-0.4, -0.2) is 0 Å². The third-order valence-electron chi connectivity index (χ3n) is 4.31. The highest BCUT2D eigenvalue weighted by atomic mass is 14.5. The van der Waals surface area contributed by atoms with Gasteiger partial charge in [0.15, 0.2) is 0 Å². The number of hydrogen-bond acceptors (Lipinski definition) is 0. The van der Waals surface area contributed by atoms with Crippen molar-refractivity contribution in [3.8, 4) is 0 Å². The van der Waals surface area contributed by atoms with E-state index < -0.39 is 0 Å². The Morgan fingerprint density at radius 2 is 2.00 bits per heavy atom. The molecule has 0 saturated heterocycles. The third kappa shape index (κ3) is 2.15. The lowest BCUT2D eigenvalue weighted by Gasteiger charge is -2.48. The molecule has 1 rings (SSSR count). The first-order valence-corrected chi connectivity index (χ1v) is 5.65. The second-order valence-corrected chi connectivity index (χ2v) is 5.29. The van der Waals surface area contributed by atoms with Gasteiger partial charge in [-0.15, -0.1) is 6.58 Å². The minimum absolute atomic E-state index is 0.666. The SMILES string of the molecule is C=CC(C)C(C)C1CC(C)(CC)C1. The van der Waals surface area contributed by atoms with E-state index in [1.54, 1.807) is 0 Å². The Morgan fingerprint density at radius 1 is 1.46 bits per heavy atom. The van der Waals surface area contributed by atoms with Gasteiger partial charge < -0.3 is 0 Å². The van der Waals surface area contributed by atoms with Crippen molar-refractivity contribution in [3.63, 3.8) is 0 Å². The van der Waals surface area contributed by atoms with Crippen molar-refractivity contribution in [2.45, 2.75) is 47.0 Å². The van der Waals surface area contributed by atoms with Crippen molar-refractivity contribution in [1.82, 2.24) is 0 Å². The second kappa shape index (κ2) is 3.86. The van der Waals surface area contributed by atoms with Crippen molar-refractivity contribution in [2.24, 2.45) is 23.2 Å². The Bertz CT molecular complexity index is 174. The number of allylic oxidation sites excluding steroid dienone is 1. The van der Waals surface area contributed by atoms with Gasteiger partial charge in [0, 0.05) is 0 Å². The number of rotatable bonds is 4. The highest BCUT2D eigenvalue weighted by molar-refractivity contribution is 4.94. The molecule has 0 radical (unpaired) electrons. The molecular formula is C13H24. The molecular weight excluding hydrogens is 156 g/mol. The maximum atomic E-state index is 3.88. The van der Waals surface area contributed by atoms with Crippen LogP contribution in [-0.2, 0) is 0 Å². The highest BCUT2D eigenvalue weighted by Gasteiger charge is 2.41. The molecule has 1 fully saturated rings. The quantitative estimate of drug-likeness (QED) is 0.567. The molecule has 1 aliphatic rings. The third-order valence-corrected chi connectivity index (χ3v) is 4.31. The topological polar surface area (TPSA) is 0 Å². The van der Waals surface area contributed by atoms with Gasteiger partial charge in [0.2, 0.25) is 0 Å². The fourth-order valence-electron chi connectivity index (χ4n) is 2.51. The average molecular weight is 180 g/mol. The van der Waals surface area contributed by atoms with Crippen LogP contribution in [0.1, 0.15) is 47.0 Å². The lowest BCUT2D eigenvalue weighted by Crippen LogP contribution is -2.38. The first-order chi connectivity index (χ1) is 6.02. The van der Waals surface area contributed by atoms with Gasteiger partial charge in [-0.25, -0.2) is 0 Å². The summed E-state index contributed by atoms with van der Waals surface area (Å²) in [4.78, 5) is 0. The molecule has 0 heterocycles. The molecule has 0 spiro atoms. The van der Waals surface area contributed by atoms with E-state index in [-0.39, 0.29) is 0 Å². The van der Waals surface area contributed by atoms with Crippen LogP contribution in [0.5, 0.6) is 0 Å². The minimum Gasteiger partial charge on any atom is -0.103 e. The van der Waals surface area contributed by atoms with Gasteiger partial charge in [-0.2, -0.15) is 0 Å². The van der Waals surface area contributed by atoms with E-state index in [2.05, 4.69) is 40.3 Å². The Balaban J connectivity index is 2.38. The lowest BCUT2D eigenvalue weighted by atomic mass is 9.57. The predicted octanol–water partition coefficient (Wildman–Crippen LogP) is 4.27. The van der Waals surface area contributed by atoms with Crippen LogP contribution >= 0.6 is 0 Å². The van der Waals surface area contributed by atoms with Crippen molar-refractivity contribution in [1.29, 1.82) is 0 Å². The molecule has 1 saturated carbocycles. The van der Waals surface area contributed by atoms with Crippen LogP contribution in [0, 0.1) is 23.2 Å². The summed E-state index contributed by atoms with van der Waals surface area (Å²) in [6, 6.07) is 0. The lowest BCUT2D eigenvalue weighted by molar-refractivity contribution is 0.0236. The van der Waals surface area contributed by atoms with Gasteiger partial charge in [-0.05, 0) is 36.0 Å². The van der Waals surface area contributed by atoms with Crippen LogP contribution in [0.3, 0.4) is 0 Å². The zero-order chi connectivity index (χ0) is 10.1. The smallest absolute Gasteiger partial charge is 0.0236 e. The summed E-state index contributed by atoms with van der Waals surface area (Å²) in [5.74, 6) is 2.47. The van der Waals surface area contributed by atoms with E-state index in [0.29, 0.717) is 11.3 Å². The minimum atomic E-state index is 0.666. The summed E-state index contributed by atoms with van der Waals surface area (Å²) >= 11 is 0. The number of hydrogen-bond donors (Lipinski definition) is 0. The first kappa shape index (κ1) is 10.8. The summed E-state index contributed by atoms with van der Waals surface area (Å²) in [5, 5.41) is 0. The van der Waals surface area contributed by atoms with E-state index in [1.807, 2.05) is 0 Å². The molecule has 76 valence electrons. The van der Waals surface area contributed by atoms with E-state index in [1.165, 1.54) is 19.3 Å². The molecule has 0 heteroatoms. The Kier molecular flexibility index (Phi) is 3.21. The summed E-state index contributed by atoms with van der Waals surface area (Å²) in [6.45, 7) is 13.3. The molecule has 0 nitrogen and oxygen atoms in total. The molecule has 0 amide bonds. The summed E-state index contributed by atoms with van der Waals surface area (Å²) < 4.78 is 0. The average Bonchev–Trinajstić information content (AvgIpc) is 2.10. The fraction of sp³-hybridized carbons (Fsp3) is 0.846. The molecule has 2 atom stereocenters. The van der Waals surface area contributed by atoms with Gasteiger partial charge in [0.1, 0.15) is 0 Å². The van der Waals surface area contributed by atoms with E-state index in [9.17, 15) is 0 Å². The maximum Gasteiger partial charge on any atom is -0.0236 e. The van der Waals surface area contributed by atoms with E-state index in [0.717, 1.165) is 11.8 Å². The Hall–Kier alpha value is -0.260. The molecule has 0 aliphatic heterocycles. The molecule has 0 aromatic heterocycles. The van der Waals surface area contributed by atoms with Gasteiger partial charge in [-0.1, -0.05) is 40.2 Å². The van der Waals surface area contributed by atoms with Gasteiger partial charge >= 0.3 is 0 Å². The molecule has 13 heavy (non-hydrogen) atoms. The first-order valence-electron chi connectivity index (χ1n) is 5.65. The Labute approximate surface area is 83.4 Å². The summed E-state index contributed by atoms with van der Waals surface area (Å²) in [5.41, 5.74) is 0.666. The van der Waals surface area contributed by atoms with Crippen LogP contribution in [0.4, 0.5) is 0 Å². The zero-order valence-corrected chi connectivity index (χ0v) is 9.64. The zero-order valence-electron chi connectivity index (χ0n) is 9.64. The van der Waals surface area contributed by atoms with Gasteiger partial charge in [-0.3, -0.25) is 0 Å². The van der Waals surface area contributed by atoms with Crippen molar-refractivity contribution < 1.29 is 0 Å². The molecule has 0 N–H and O–H groups in total. The van der Waals surface area contributed by atoms with Crippen molar-refractivity contribution in [3.05, 3.63) is 12.7 Å². The van der Waals surface area contributed by atoms with Gasteiger partial charge in [0.05, 0.1) is 0 Å². The molecule has 1 aliphatic carbocycles. The molecule has 0 aromatic carbocycles. The highest BCUT2D eigenvalue weighted by Crippen LogP contribution is 2.52. The van der Waals surface area contributed by atoms with Crippen LogP contribution in [0.25, 0.3) is 0 Å². The van der Waals surface area contributed by atoms with Gasteiger partial charge in [0.25, 0.3) is 0 Å². The van der Waals surface area contributed by atoms with Crippen molar-refractivity contribution >= 4 is 0 Å². The van der Waals surface area contributed by atoms with Crippen LogP contribution < -0.4 is 0 Å². The Morgan fingerprint density at radius 3 is 2.38 bits per heavy atom. The molecule has 0 bridgehead atoms. The molecule has 2 unspecified atom stereocenters. The predicted molar refractivity (Wildman–Crippen MR) is 59.6 cm³/mol. The largest absolute Gasteiger partial charge is 0.103 e. The standard InChI is InChI=1S/C13H24/c1-6-10(3)11(4)12-8-13(5,7-2)9-12/h6,10-12H,1,7-9H2,2-5H3.